The number of rotatable bonds is 8. The van der Waals surface area contributed by atoms with Crippen molar-refractivity contribution in [1.82, 2.24) is 5.32 Å². The molecule has 0 spiro atoms. The van der Waals surface area contributed by atoms with Gasteiger partial charge in [0.05, 0.1) is 19.9 Å². The normalized spacial score (nSPS) is 11.5. The van der Waals surface area contributed by atoms with Crippen molar-refractivity contribution in [3.05, 3.63) is 47.5 Å². The summed E-state index contributed by atoms with van der Waals surface area (Å²) in [5.41, 5.74) is 0.592. The molecular formula is C19H23ClN2O3S. The minimum absolute atomic E-state index is 0.267. The Hall–Kier alpha value is -2.05. The lowest BCUT2D eigenvalue weighted by atomic mass is 10.2. The summed E-state index contributed by atoms with van der Waals surface area (Å²) in [7, 11) is 3.13. The van der Waals surface area contributed by atoms with Crippen molar-refractivity contribution in [1.29, 1.82) is 0 Å². The Kier molecular flexibility index (Phi) is 7.94. The van der Waals surface area contributed by atoms with Crippen LogP contribution in [0.15, 0.2) is 47.4 Å². The van der Waals surface area contributed by atoms with E-state index in [9.17, 15) is 4.79 Å². The molecule has 0 aliphatic heterocycles. The van der Waals surface area contributed by atoms with Gasteiger partial charge in [-0.1, -0.05) is 18.5 Å². The molecule has 0 aromatic heterocycles. The summed E-state index contributed by atoms with van der Waals surface area (Å²) < 4.78 is 10.4. The van der Waals surface area contributed by atoms with Crippen molar-refractivity contribution in [2.75, 3.05) is 31.8 Å². The van der Waals surface area contributed by atoms with Gasteiger partial charge in [0, 0.05) is 28.3 Å². The predicted octanol–water partition coefficient (Wildman–Crippen LogP) is 4.91. The minimum atomic E-state index is -0.267. The largest absolute Gasteiger partial charge is 0.497 e. The van der Waals surface area contributed by atoms with Crippen LogP contribution in [-0.2, 0) is 0 Å². The van der Waals surface area contributed by atoms with Gasteiger partial charge in [-0.25, -0.2) is 4.79 Å². The fraction of sp³-hybridized carbons (Fsp3) is 0.316. The van der Waals surface area contributed by atoms with E-state index in [2.05, 4.69) is 17.6 Å². The van der Waals surface area contributed by atoms with E-state index in [1.807, 2.05) is 24.3 Å². The van der Waals surface area contributed by atoms with Gasteiger partial charge in [0.1, 0.15) is 11.5 Å². The average molecular weight is 395 g/mol. The Balaban J connectivity index is 1.78. The molecule has 5 nitrogen and oxygen atoms in total. The number of anilines is 1. The van der Waals surface area contributed by atoms with Gasteiger partial charge in [-0.2, -0.15) is 0 Å². The molecule has 2 aromatic carbocycles. The van der Waals surface area contributed by atoms with E-state index >= 15 is 0 Å². The summed E-state index contributed by atoms with van der Waals surface area (Å²) in [4.78, 5) is 13.3. The zero-order valence-corrected chi connectivity index (χ0v) is 16.6. The van der Waals surface area contributed by atoms with Crippen LogP contribution in [0.3, 0.4) is 0 Å². The summed E-state index contributed by atoms with van der Waals surface area (Å²) in [5.74, 6) is 2.43. The van der Waals surface area contributed by atoms with Crippen molar-refractivity contribution < 1.29 is 14.3 Å². The number of urea groups is 1. The Morgan fingerprint density at radius 2 is 1.88 bits per heavy atom. The minimum Gasteiger partial charge on any atom is -0.497 e. The number of amides is 2. The SMILES string of the molecule is COc1ccc(NC(=O)NC[C@H](C)CSc2ccc(Cl)cc2)c(OC)c1. The molecule has 0 saturated heterocycles. The first-order valence-electron chi connectivity index (χ1n) is 8.17. The summed E-state index contributed by atoms with van der Waals surface area (Å²) in [6.45, 7) is 2.67. The number of benzene rings is 2. The number of hydrogen-bond donors (Lipinski definition) is 2. The Morgan fingerprint density at radius 3 is 2.54 bits per heavy atom. The first kappa shape index (κ1) is 20.3. The lowest BCUT2D eigenvalue weighted by molar-refractivity contribution is 0.251. The smallest absolute Gasteiger partial charge is 0.319 e. The third-order valence-corrected chi connectivity index (χ3v) is 5.21. The highest BCUT2D eigenvalue weighted by Crippen LogP contribution is 2.29. The van der Waals surface area contributed by atoms with Crippen molar-refractivity contribution >= 4 is 35.1 Å². The van der Waals surface area contributed by atoms with Gasteiger partial charge < -0.3 is 20.1 Å². The van der Waals surface area contributed by atoms with Gasteiger partial charge in [-0.05, 0) is 42.3 Å². The van der Waals surface area contributed by atoms with Crippen LogP contribution in [0.1, 0.15) is 6.92 Å². The number of thioether (sulfide) groups is 1. The summed E-state index contributed by atoms with van der Waals surface area (Å²) >= 11 is 7.62. The topological polar surface area (TPSA) is 59.6 Å². The van der Waals surface area contributed by atoms with Gasteiger partial charge in [0.15, 0.2) is 0 Å². The Bertz CT molecular complexity index is 725. The van der Waals surface area contributed by atoms with Crippen molar-refractivity contribution in [2.45, 2.75) is 11.8 Å². The molecule has 7 heteroatoms. The molecule has 140 valence electrons. The molecule has 0 saturated carbocycles. The maximum atomic E-state index is 12.1. The molecule has 2 aromatic rings. The van der Waals surface area contributed by atoms with Crippen LogP contribution < -0.4 is 20.1 Å². The van der Waals surface area contributed by atoms with Crippen molar-refractivity contribution in [3.63, 3.8) is 0 Å². The van der Waals surface area contributed by atoms with Crippen LogP contribution in [0.5, 0.6) is 11.5 Å². The molecule has 0 heterocycles. The maximum Gasteiger partial charge on any atom is 0.319 e. The van der Waals surface area contributed by atoms with E-state index in [1.54, 1.807) is 44.2 Å². The second-order valence-corrected chi connectivity index (χ2v) is 7.30. The fourth-order valence-electron chi connectivity index (χ4n) is 2.16. The second-order valence-electron chi connectivity index (χ2n) is 5.77. The van der Waals surface area contributed by atoms with Crippen LogP contribution in [-0.4, -0.2) is 32.5 Å². The molecule has 0 unspecified atom stereocenters. The zero-order valence-electron chi connectivity index (χ0n) is 15.0. The third-order valence-electron chi connectivity index (χ3n) is 3.62. The molecule has 0 aliphatic rings. The van der Waals surface area contributed by atoms with Crippen LogP contribution in [0.4, 0.5) is 10.5 Å². The number of methoxy groups -OCH3 is 2. The van der Waals surface area contributed by atoms with E-state index in [0.29, 0.717) is 29.6 Å². The molecule has 0 aliphatic carbocycles. The highest BCUT2D eigenvalue weighted by molar-refractivity contribution is 7.99. The van der Waals surface area contributed by atoms with Crippen LogP contribution >= 0.6 is 23.4 Å². The van der Waals surface area contributed by atoms with Gasteiger partial charge in [-0.15, -0.1) is 11.8 Å². The summed E-state index contributed by atoms with van der Waals surface area (Å²) in [6, 6.07) is 12.7. The van der Waals surface area contributed by atoms with Gasteiger partial charge >= 0.3 is 6.03 Å². The van der Waals surface area contributed by atoms with Crippen LogP contribution in [0.25, 0.3) is 0 Å². The lowest BCUT2D eigenvalue weighted by Gasteiger charge is -2.15. The number of carbonyl (C=O) groups is 1. The molecule has 1 atom stereocenters. The maximum absolute atomic E-state index is 12.1. The third kappa shape index (κ3) is 6.35. The fourth-order valence-corrected chi connectivity index (χ4v) is 3.21. The van der Waals surface area contributed by atoms with E-state index in [0.717, 1.165) is 15.7 Å². The van der Waals surface area contributed by atoms with E-state index in [-0.39, 0.29) is 6.03 Å². The monoisotopic (exact) mass is 394 g/mol. The zero-order chi connectivity index (χ0) is 18.9. The Morgan fingerprint density at radius 1 is 1.15 bits per heavy atom. The van der Waals surface area contributed by atoms with E-state index in [1.165, 1.54) is 0 Å². The number of nitrogens with one attached hydrogen (secondary N) is 2. The predicted molar refractivity (Wildman–Crippen MR) is 108 cm³/mol. The molecular weight excluding hydrogens is 372 g/mol. The van der Waals surface area contributed by atoms with Crippen molar-refractivity contribution in [3.8, 4) is 11.5 Å². The average Bonchev–Trinajstić information content (AvgIpc) is 2.66. The van der Waals surface area contributed by atoms with Crippen LogP contribution in [0.2, 0.25) is 5.02 Å². The first-order chi connectivity index (χ1) is 12.5. The number of ether oxygens (including phenoxy) is 2. The van der Waals surface area contributed by atoms with E-state index in [4.69, 9.17) is 21.1 Å². The van der Waals surface area contributed by atoms with Crippen LogP contribution in [0, 0.1) is 5.92 Å². The lowest BCUT2D eigenvalue weighted by Crippen LogP contribution is -2.33. The molecule has 26 heavy (non-hydrogen) atoms. The van der Waals surface area contributed by atoms with E-state index < -0.39 is 0 Å². The standard InChI is InChI=1S/C19H23ClN2O3S/c1-13(12-26-16-7-4-14(20)5-8-16)11-21-19(23)22-17-9-6-15(24-2)10-18(17)25-3/h4-10,13H,11-12H2,1-3H3,(H2,21,22,23)/t13-/m0/s1. The summed E-state index contributed by atoms with van der Waals surface area (Å²) in [5, 5.41) is 6.41. The highest BCUT2D eigenvalue weighted by atomic mass is 35.5. The highest BCUT2D eigenvalue weighted by Gasteiger charge is 2.10. The van der Waals surface area contributed by atoms with Crippen molar-refractivity contribution in [2.24, 2.45) is 5.92 Å². The van der Waals surface area contributed by atoms with Gasteiger partial charge in [0.25, 0.3) is 0 Å². The Labute approximate surface area is 163 Å². The number of halogens is 1. The number of hydrogen-bond acceptors (Lipinski definition) is 4. The van der Waals surface area contributed by atoms with Gasteiger partial charge in [-0.3, -0.25) is 0 Å². The molecule has 2 N–H and O–H groups in total. The van der Waals surface area contributed by atoms with Gasteiger partial charge in [0.2, 0.25) is 0 Å². The summed E-state index contributed by atoms with van der Waals surface area (Å²) in [6.07, 6.45) is 0. The molecule has 0 fully saturated rings. The first-order valence-corrected chi connectivity index (χ1v) is 9.53. The molecule has 2 amide bonds. The molecule has 0 radical (unpaired) electrons. The second kappa shape index (κ2) is 10.2. The number of carbonyl (C=O) groups excluding carboxylic acids is 1. The quantitative estimate of drug-likeness (QED) is 0.624. The molecule has 2 rings (SSSR count). The molecule has 0 bridgehead atoms.